The second kappa shape index (κ2) is 8.12. The third-order valence-electron chi connectivity index (χ3n) is 6.33. The van der Waals surface area contributed by atoms with Crippen LogP contribution in [0.2, 0.25) is 0 Å². The van der Waals surface area contributed by atoms with Crippen molar-refractivity contribution in [1.82, 2.24) is 9.97 Å². The maximum Gasteiger partial charge on any atom is 0.0974 e. The molecule has 2 heterocycles. The van der Waals surface area contributed by atoms with Crippen LogP contribution in [0.15, 0.2) is 115 Å². The maximum atomic E-state index is 10.7. The molecule has 0 bridgehead atoms. The highest BCUT2D eigenvalue weighted by Crippen LogP contribution is 2.37. The van der Waals surface area contributed by atoms with Crippen molar-refractivity contribution in [2.45, 2.75) is 12.0 Å². The monoisotopic (exact) mass is 426 g/mol. The maximum absolute atomic E-state index is 10.7. The molecule has 3 heteroatoms. The number of aliphatic hydroxyl groups is 1. The van der Waals surface area contributed by atoms with Crippen molar-refractivity contribution in [2.75, 3.05) is 0 Å². The molecule has 33 heavy (non-hydrogen) atoms. The Labute approximate surface area is 192 Å². The number of allylic oxidation sites excluding steroid dienone is 2. The first-order valence-corrected chi connectivity index (χ1v) is 11.2. The molecule has 2 aromatic heterocycles. The predicted molar refractivity (Wildman–Crippen MR) is 135 cm³/mol. The van der Waals surface area contributed by atoms with E-state index in [1.54, 1.807) is 0 Å². The lowest BCUT2D eigenvalue weighted by atomic mass is 9.90. The van der Waals surface area contributed by atoms with E-state index in [1.165, 1.54) is 0 Å². The van der Waals surface area contributed by atoms with E-state index in [9.17, 15) is 5.11 Å². The van der Waals surface area contributed by atoms with Crippen LogP contribution in [0.25, 0.3) is 44.1 Å². The number of benzene rings is 3. The summed E-state index contributed by atoms with van der Waals surface area (Å²) in [5.74, 6) is -0.200. The average molecular weight is 427 g/mol. The molecule has 0 saturated heterocycles. The molecule has 2 unspecified atom stereocenters. The average Bonchev–Trinajstić information content (AvgIpc) is 2.89. The first-order chi connectivity index (χ1) is 16.3. The summed E-state index contributed by atoms with van der Waals surface area (Å²) in [6.45, 7) is 0. The third kappa shape index (κ3) is 3.43. The molecule has 1 N–H and O–H groups in total. The minimum Gasteiger partial charge on any atom is -0.388 e. The van der Waals surface area contributed by atoms with Gasteiger partial charge >= 0.3 is 0 Å². The standard InChI is InChI=1S/C30H22N2O/c33-28-14-8-7-13-25(28)27-19-26(21-11-5-2-6-12-21)24-16-15-23-22(20-9-3-1-4-10-20)17-18-31-29(23)30(24)32-27/h1-19,25,28,33H. The van der Waals surface area contributed by atoms with E-state index >= 15 is 0 Å². The molecule has 1 aliphatic carbocycles. The van der Waals surface area contributed by atoms with E-state index in [0.717, 1.165) is 49.8 Å². The zero-order valence-electron chi connectivity index (χ0n) is 18.0. The van der Waals surface area contributed by atoms with Gasteiger partial charge in [-0.05, 0) is 34.4 Å². The van der Waals surface area contributed by atoms with Crippen LogP contribution in [-0.2, 0) is 0 Å². The molecule has 6 rings (SSSR count). The largest absolute Gasteiger partial charge is 0.388 e. The van der Waals surface area contributed by atoms with Gasteiger partial charge in [0.1, 0.15) is 0 Å². The Morgan fingerprint density at radius 1 is 0.636 bits per heavy atom. The lowest BCUT2D eigenvalue weighted by molar-refractivity contribution is 0.204. The Kier molecular flexibility index (Phi) is 4.82. The van der Waals surface area contributed by atoms with Crippen molar-refractivity contribution in [3.05, 3.63) is 121 Å². The highest BCUT2D eigenvalue weighted by Gasteiger charge is 2.22. The van der Waals surface area contributed by atoms with E-state index in [1.807, 2.05) is 54.8 Å². The summed E-state index contributed by atoms with van der Waals surface area (Å²) in [5.41, 5.74) is 7.08. The van der Waals surface area contributed by atoms with Crippen LogP contribution in [0.5, 0.6) is 0 Å². The summed E-state index contributed by atoms with van der Waals surface area (Å²) in [6.07, 6.45) is 8.93. The van der Waals surface area contributed by atoms with Crippen LogP contribution < -0.4 is 0 Å². The van der Waals surface area contributed by atoms with Crippen LogP contribution in [0.4, 0.5) is 0 Å². The number of hydrogen-bond donors (Lipinski definition) is 1. The van der Waals surface area contributed by atoms with Gasteiger partial charge in [0.25, 0.3) is 0 Å². The molecule has 0 aliphatic heterocycles. The third-order valence-corrected chi connectivity index (χ3v) is 6.33. The van der Waals surface area contributed by atoms with Gasteiger partial charge in [0.05, 0.1) is 22.8 Å². The summed E-state index contributed by atoms with van der Waals surface area (Å²) in [7, 11) is 0. The lowest BCUT2D eigenvalue weighted by Gasteiger charge is -2.21. The number of hydrogen-bond acceptors (Lipinski definition) is 3. The number of pyridine rings is 2. The van der Waals surface area contributed by atoms with Gasteiger partial charge in [-0.15, -0.1) is 0 Å². The molecule has 0 fully saturated rings. The lowest BCUT2D eigenvalue weighted by Crippen LogP contribution is -2.17. The van der Waals surface area contributed by atoms with Crippen LogP contribution in [0, 0.1) is 0 Å². The molecule has 5 aromatic rings. The zero-order chi connectivity index (χ0) is 22.2. The Morgan fingerprint density at radius 2 is 1.27 bits per heavy atom. The van der Waals surface area contributed by atoms with Gasteiger partial charge in [-0.25, -0.2) is 4.98 Å². The summed E-state index contributed by atoms with van der Waals surface area (Å²) in [5, 5.41) is 12.8. The van der Waals surface area contributed by atoms with Crippen molar-refractivity contribution < 1.29 is 5.11 Å². The van der Waals surface area contributed by atoms with E-state index < -0.39 is 6.10 Å². The zero-order valence-corrected chi connectivity index (χ0v) is 18.0. The fourth-order valence-electron chi connectivity index (χ4n) is 4.69. The molecule has 3 aromatic carbocycles. The Morgan fingerprint density at radius 3 is 1.97 bits per heavy atom. The summed E-state index contributed by atoms with van der Waals surface area (Å²) >= 11 is 0. The molecule has 0 amide bonds. The van der Waals surface area contributed by atoms with Gasteiger partial charge in [0.2, 0.25) is 0 Å². The minimum absolute atomic E-state index is 0.200. The summed E-state index contributed by atoms with van der Waals surface area (Å²) < 4.78 is 0. The van der Waals surface area contributed by atoms with E-state index in [0.29, 0.717) is 0 Å². The fraction of sp³-hybridized carbons (Fsp3) is 0.0667. The first kappa shape index (κ1) is 19.6. The van der Waals surface area contributed by atoms with Gasteiger partial charge in [-0.3, -0.25) is 4.98 Å². The number of nitrogens with zero attached hydrogens (tertiary/aromatic N) is 2. The minimum atomic E-state index is -0.605. The molecular weight excluding hydrogens is 404 g/mol. The second-order valence-corrected chi connectivity index (χ2v) is 8.33. The Balaban J connectivity index is 1.67. The van der Waals surface area contributed by atoms with Gasteiger partial charge in [-0.1, -0.05) is 97.1 Å². The highest BCUT2D eigenvalue weighted by molar-refractivity contribution is 6.11. The summed E-state index contributed by atoms with van der Waals surface area (Å²) in [4.78, 5) is 9.87. The normalized spacial score (nSPS) is 17.6. The van der Waals surface area contributed by atoms with Crippen molar-refractivity contribution in [2.24, 2.45) is 0 Å². The number of rotatable bonds is 3. The molecule has 0 saturated carbocycles. The fourth-order valence-corrected chi connectivity index (χ4v) is 4.69. The van der Waals surface area contributed by atoms with Crippen molar-refractivity contribution in [3.8, 4) is 22.3 Å². The first-order valence-electron chi connectivity index (χ1n) is 11.2. The molecule has 158 valence electrons. The van der Waals surface area contributed by atoms with Crippen LogP contribution in [-0.4, -0.2) is 21.2 Å². The Bertz CT molecular complexity index is 1520. The summed E-state index contributed by atoms with van der Waals surface area (Å²) in [6, 6.07) is 29.2. The molecule has 2 atom stereocenters. The van der Waals surface area contributed by atoms with Crippen LogP contribution in [0.3, 0.4) is 0 Å². The number of fused-ring (bicyclic) bond motifs is 3. The van der Waals surface area contributed by atoms with Crippen molar-refractivity contribution in [1.29, 1.82) is 0 Å². The quantitative estimate of drug-likeness (QED) is 0.327. The van der Waals surface area contributed by atoms with Crippen molar-refractivity contribution in [3.63, 3.8) is 0 Å². The smallest absolute Gasteiger partial charge is 0.0974 e. The van der Waals surface area contributed by atoms with Crippen LogP contribution >= 0.6 is 0 Å². The molecule has 3 nitrogen and oxygen atoms in total. The van der Waals surface area contributed by atoms with Gasteiger partial charge < -0.3 is 5.11 Å². The highest BCUT2D eigenvalue weighted by atomic mass is 16.3. The SMILES string of the molecule is OC1C=CC=CC1c1cc(-c2ccccc2)c2ccc3c(-c4ccccc4)ccnc3c2n1. The predicted octanol–water partition coefficient (Wildman–Crippen LogP) is 6.69. The van der Waals surface area contributed by atoms with E-state index in [2.05, 4.69) is 60.7 Å². The molecule has 0 radical (unpaired) electrons. The van der Waals surface area contributed by atoms with Crippen molar-refractivity contribution >= 4 is 21.8 Å². The Hall–Kier alpha value is -4.08. The van der Waals surface area contributed by atoms with Crippen LogP contribution in [0.1, 0.15) is 11.6 Å². The molecule has 1 aliphatic rings. The number of aromatic nitrogens is 2. The van der Waals surface area contributed by atoms with Gasteiger partial charge in [0.15, 0.2) is 0 Å². The van der Waals surface area contributed by atoms with Gasteiger partial charge in [0, 0.05) is 22.9 Å². The number of aliphatic hydroxyl groups excluding tert-OH is 1. The molecular formula is C30H22N2O. The topological polar surface area (TPSA) is 46.0 Å². The van der Waals surface area contributed by atoms with E-state index in [-0.39, 0.29) is 5.92 Å². The van der Waals surface area contributed by atoms with E-state index in [4.69, 9.17) is 9.97 Å². The van der Waals surface area contributed by atoms with Gasteiger partial charge in [-0.2, -0.15) is 0 Å². The second-order valence-electron chi connectivity index (χ2n) is 8.33. The molecule has 0 spiro atoms.